The fraction of sp³-hybridized carbons (Fsp3) is 0.636. The van der Waals surface area contributed by atoms with E-state index in [0.717, 1.165) is 12.8 Å². The van der Waals surface area contributed by atoms with Gasteiger partial charge in [-0.25, -0.2) is 0 Å². The van der Waals surface area contributed by atoms with Crippen LogP contribution in [0, 0.1) is 6.92 Å². The molecule has 0 amide bonds. The first-order valence-electron chi connectivity index (χ1n) is 5.02. The zero-order chi connectivity index (χ0) is 9.68. The van der Waals surface area contributed by atoms with Gasteiger partial charge in [-0.15, -0.1) is 11.3 Å². The molecule has 13 heavy (non-hydrogen) atoms. The van der Waals surface area contributed by atoms with Crippen molar-refractivity contribution in [1.82, 2.24) is 0 Å². The van der Waals surface area contributed by atoms with Crippen LogP contribution in [0.25, 0.3) is 0 Å². The number of hydrogen-bond donors (Lipinski definition) is 1. The van der Waals surface area contributed by atoms with Crippen molar-refractivity contribution < 1.29 is 0 Å². The maximum absolute atomic E-state index is 5.85. The second-order valence-electron chi connectivity index (χ2n) is 3.59. The van der Waals surface area contributed by atoms with Gasteiger partial charge in [0.2, 0.25) is 0 Å². The van der Waals surface area contributed by atoms with E-state index in [-0.39, 0.29) is 0 Å². The van der Waals surface area contributed by atoms with Crippen molar-refractivity contribution in [2.24, 2.45) is 5.73 Å². The van der Waals surface area contributed by atoms with E-state index in [1.54, 1.807) is 0 Å². The van der Waals surface area contributed by atoms with E-state index in [2.05, 4.69) is 25.3 Å². The predicted molar refractivity (Wildman–Crippen MR) is 60.3 cm³/mol. The third-order valence-corrected chi connectivity index (χ3v) is 3.55. The number of hydrogen-bond acceptors (Lipinski definition) is 2. The minimum absolute atomic E-state index is 0.403. The van der Waals surface area contributed by atoms with Crippen molar-refractivity contribution in [2.75, 3.05) is 0 Å². The van der Waals surface area contributed by atoms with E-state index in [9.17, 15) is 0 Å². The summed E-state index contributed by atoms with van der Waals surface area (Å²) in [6.45, 7) is 4.34. The first-order chi connectivity index (χ1) is 6.24. The molecule has 1 unspecified atom stereocenters. The number of aryl methyl sites for hydroxylation is 2. The highest BCUT2D eigenvalue weighted by molar-refractivity contribution is 7.10. The largest absolute Gasteiger partial charge is 0.328 e. The molecule has 0 aliphatic rings. The number of thiophene rings is 1. The summed E-state index contributed by atoms with van der Waals surface area (Å²) in [5.41, 5.74) is 7.29. The van der Waals surface area contributed by atoms with E-state index in [4.69, 9.17) is 5.73 Å². The molecular weight excluding hydrogens is 178 g/mol. The Balaban J connectivity index is 2.24. The quantitative estimate of drug-likeness (QED) is 0.771. The smallest absolute Gasteiger partial charge is 0.00744 e. The van der Waals surface area contributed by atoms with Gasteiger partial charge in [0.1, 0.15) is 0 Å². The van der Waals surface area contributed by atoms with Crippen molar-refractivity contribution in [3.63, 3.8) is 0 Å². The lowest BCUT2D eigenvalue weighted by Crippen LogP contribution is -2.18. The molecule has 0 aliphatic heterocycles. The molecule has 1 aromatic rings. The van der Waals surface area contributed by atoms with Crippen LogP contribution in [0.5, 0.6) is 0 Å². The Morgan fingerprint density at radius 2 is 2.31 bits per heavy atom. The Morgan fingerprint density at radius 1 is 1.54 bits per heavy atom. The van der Waals surface area contributed by atoms with Crippen LogP contribution in [0.2, 0.25) is 0 Å². The van der Waals surface area contributed by atoms with Crippen molar-refractivity contribution in [2.45, 2.75) is 45.6 Å². The second kappa shape index (κ2) is 5.40. The Labute approximate surface area is 85.0 Å². The third kappa shape index (κ3) is 3.49. The van der Waals surface area contributed by atoms with Crippen LogP contribution in [0.1, 0.15) is 36.6 Å². The van der Waals surface area contributed by atoms with E-state index < -0.39 is 0 Å². The van der Waals surface area contributed by atoms with E-state index in [1.807, 2.05) is 11.3 Å². The molecule has 0 fully saturated rings. The molecule has 1 aromatic heterocycles. The highest BCUT2D eigenvalue weighted by Gasteiger charge is 2.02. The summed E-state index contributed by atoms with van der Waals surface area (Å²) in [6, 6.07) is 2.60. The van der Waals surface area contributed by atoms with Crippen molar-refractivity contribution >= 4 is 11.3 Å². The summed E-state index contributed by atoms with van der Waals surface area (Å²) in [6.07, 6.45) is 4.70. The van der Waals surface area contributed by atoms with Crippen LogP contribution in [0.3, 0.4) is 0 Å². The lowest BCUT2D eigenvalue weighted by molar-refractivity contribution is 0.569. The SMILES string of the molecule is CCC(N)CCCc1sccc1C. The summed E-state index contributed by atoms with van der Waals surface area (Å²) in [7, 11) is 0. The molecule has 1 nitrogen and oxygen atoms in total. The van der Waals surface area contributed by atoms with Gasteiger partial charge in [0.25, 0.3) is 0 Å². The van der Waals surface area contributed by atoms with Gasteiger partial charge >= 0.3 is 0 Å². The van der Waals surface area contributed by atoms with Crippen LogP contribution < -0.4 is 5.73 Å². The first kappa shape index (κ1) is 10.7. The van der Waals surface area contributed by atoms with Gasteiger partial charge in [-0.05, 0) is 49.6 Å². The molecule has 1 atom stereocenters. The van der Waals surface area contributed by atoms with Crippen molar-refractivity contribution in [3.8, 4) is 0 Å². The Morgan fingerprint density at radius 3 is 2.85 bits per heavy atom. The minimum atomic E-state index is 0.403. The fourth-order valence-electron chi connectivity index (χ4n) is 1.39. The summed E-state index contributed by atoms with van der Waals surface area (Å²) in [4.78, 5) is 1.53. The Bertz CT molecular complexity index is 242. The second-order valence-corrected chi connectivity index (χ2v) is 4.59. The number of rotatable bonds is 5. The summed E-state index contributed by atoms with van der Waals surface area (Å²) in [5.74, 6) is 0. The molecule has 0 spiro atoms. The van der Waals surface area contributed by atoms with Crippen LogP contribution in [0.15, 0.2) is 11.4 Å². The van der Waals surface area contributed by atoms with Crippen molar-refractivity contribution in [1.29, 1.82) is 0 Å². The van der Waals surface area contributed by atoms with E-state index >= 15 is 0 Å². The minimum Gasteiger partial charge on any atom is -0.328 e. The number of nitrogens with two attached hydrogens (primary N) is 1. The molecule has 0 radical (unpaired) electrons. The molecule has 0 bridgehead atoms. The van der Waals surface area contributed by atoms with E-state index in [1.165, 1.54) is 23.3 Å². The molecule has 0 aromatic carbocycles. The third-order valence-electron chi connectivity index (χ3n) is 2.47. The van der Waals surface area contributed by atoms with Crippen LogP contribution >= 0.6 is 11.3 Å². The summed E-state index contributed by atoms with van der Waals surface area (Å²) >= 11 is 1.87. The van der Waals surface area contributed by atoms with Gasteiger partial charge < -0.3 is 5.73 Å². The Kier molecular flexibility index (Phi) is 4.46. The molecule has 0 saturated carbocycles. The van der Waals surface area contributed by atoms with Gasteiger partial charge in [-0.1, -0.05) is 6.92 Å². The average molecular weight is 197 g/mol. The molecule has 2 N–H and O–H groups in total. The lowest BCUT2D eigenvalue weighted by atomic mass is 10.1. The zero-order valence-electron chi connectivity index (χ0n) is 8.55. The van der Waals surface area contributed by atoms with Gasteiger partial charge in [0, 0.05) is 10.9 Å². The highest BCUT2D eigenvalue weighted by Crippen LogP contribution is 2.18. The average Bonchev–Trinajstić information content (AvgIpc) is 2.52. The van der Waals surface area contributed by atoms with Gasteiger partial charge in [0.05, 0.1) is 0 Å². The maximum atomic E-state index is 5.85. The lowest BCUT2D eigenvalue weighted by Gasteiger charge is -2.07. The fourth-order valence-corrected chi connectivity index (χ4v) is 2.34. The highest BCUT2D eigenvalue weighted by atomic mass is 32.1. The predicted octanol–water partition coefficient (Wildman–Crippen LogP) is 3.12. The van der Waals surface area contributed by atoms with Crippen LogP contribution in [-0.4, -0.2) is 6.04 Å². The summed E-state index contributed by atoms with van der Waals surface area (Å²) < 4.78 is 0. The van der Waals surface area contributed by atoms with Crippen LogP contribution in [0.4, 0.5) is 0 Å². The molecular formula is C11H19NS. The monoisotopic (exact) mass is 197 g/mol. The molecule has 74 valence electrons. The zero-order valence-corrected chi connectivity index (χ0v) is 9.36. The molecule has 1 rings (SSSR count). The normalized spacial score (nSPS) is 13.2. The molecule has 0 aliphatic carbocycles. The van der Waals surface area contributed by atoms with E-state index in [0.29, 0.717) is 6.04 Å². The molecule has 1 heterocycles. The van der Waals surface area contributed by atoms with Gasteiger partial charge in [-0.3, -0.25) is 0 Å². The topological polar surface area (TPSA) is 26.0 Å². The molecule has 2 heteroatoms. The van der Waals surface area contributed by atoms with Crippen molar-refractivity contribution in [3.05, 3.63) is 21.9 Å². The van der Waals surface area contributed by atoms with Crippen LogP contribution in [-0.2, 0) is 6.42 Å². The summed E-state index contributed by atoms with van der Waals surface area (Å²) in [5, 5.41) is 2.17. The van der Waals surface area contributed by atoms with Gasteiger partial charge in [-0.2, -0.15) is 0 Å². The standard InChI is InChI=1S/C11H19NS/c1-3-10(12)5-4-6-11-9(2)7-8-13-11/h7-8,10H,3-6,12H2,1-2H3. The van der Waals surface area contributed by atoms with Gasteiger partial charge in [0.15, 0.2) is 0 Å². The maximum Gasteiger partial charge on any atom is 0.00744 e. The Hall–Kier alpha value is -0.340. The first-order valence-corrected chi connectivity index (χ1v) is 5.90. The molecule has 0 saturated heterocycles.